The molecule has 1 aromatic carbocycles. The van der Waals surface area contributed by atoms with Crippen LogP contribution in [0.4, 0.5) is 0 Å². The Balaban J connectivity index is 1.38. The van der Waals surface area contributed by atoms with Crippen LogP contribution in [-0.2, 0) is 77.6 Å². The quantitative estimate of drug-likeness (QED) is 0.0272. The van der Waals surface area contributed by atoms with E-state index in [2.05, 4.69) is 39.2 Å². The molecule has 0 saturated carbocycles. The maximum Gasteiger partial charge on any atom is 0.399 e. The monoisotopic (exact) mass is 1180 g/mol. The zero-order valence-electron chi connectivity index (χ0n) is 46.1. The fourth-order valence-electron chi connectivity index (χ4n) is 9.95. The first kappa shape index (κ1) is 67.7. The fourth-order valence-corrected chi connectivity index (χ4v) is 10.4. The fraction of sp³-hybridized carbons (Fsp3) is 0.765. The van der Waals surface area contributed by atoms with E-state index in [1.807, 2.05) is 0 Å². The number of carbonyl (C=O) groups excluding carboxylic acids is 4. The van der Waals surface area contributed by atoms with E-state index in [1.54, 1.807) is 24.3 Å². The zero-order chi connectivity index (χ0) is 59.7. The SMILES string of the molecule is CCCCCC/C=C\CCCOc1cccc(CN(C(C)=O)C2C(OC3C(CO)OC(OC4C(CO)OC(OC5C(COS(=O)(=O)OC)OC(O)C(NC(C)=O)C5O)C(NC(C)=O)C4O)C(NC(C)=O)C3O)OC(CO)C(O)C2O)c1. The second kappa shape index (κ2) is 32.2. The number of unbranched alkanes of at least 4 members (excludes halogenated alkanes) is 5. The Bertz CT molecular complexity index is 2290. The number of carbonyl (C=O) groups is 4. The van der Waals surface area contributed by atoms with Gasteiger partial charge >= 0.3 is 10.4 Å². The second-order valence-corrected chi connectivity index (χ2v) is 21.5. The van der Waals surface area contributed by atoms with Gasteiger partial charge in [0.1, 0.15) is 103 Å². The average molecular weight is 1180 g/mol. The minimum Gasteiger partial charge on any atom is -0.494 e. The van der Waals surface area contributed by atoms with Gasteiger partial charge in [0.25, 0.3) is 0 Å². The molecule has 0 spiro atoms. The minimum absolute atomic E-state index is 0.209. The molecule has 4 aliphatic rings. The molecule has 12 N–H and O–H groups in total. The lowest BCUT2D eigenvalue weighted by atomic mass is 9.92. The van der Waals surface area contributed by atoms with Crippen molar-refractivity contribution in [3.8, 4) is 5.75 Å². The average Bonchev–Trinajstić information content (AvgIpc) is 3.42. The van der Waals surface area contributed by atoms with Crippen molar-refractivity contribution < 1.29 is 120 Å². The van der Waals surface area contributed by atoms with Crippen LogP contribution in [0.5, 0.6) is 5.75 Å². The number of ether oxygens (including phenoxy) is 8. The van der Waals surface area contributed by atoms with Crippen LogP contribution in [0, 0.1) is 0 Å². The van der Waals surface area contributed by atoms with Gasteiger partial charge in [0.15, 0.2) is 25.2 Å². The molecular weight excluding hydrogens is 1100 g/mol. The summed E-state index contributed by atoms with van der Waals surface area (Å²) in [4.78, 5) is 52.3. The third-order valence-corrected chi connectivity index (χ3v) is 14.8. The Morgan fingerprint density at radius 3 is 1.65 bits per heavy atom. The van der Waals surface area contributed by atoms with Crippen molar-refractivity contribution in [2.45, 2.75) is 209 Å². The summed E-state index contributed by atoms with van der Waals surface area (Å²) < 4.78 is 81.4. The molecule has 20 unspecified atom stereocenters. The van der Waals surface area contributed by atoms with E-state index in [4.69, 9.17) is 42.1 Å². The van der Waals surface area contributed by atoms with Gasteiger partial charge in [0.2, 0.25) is 23.6 Å². The van der Waals surface area contributed by atoms with Crippen LogP contribution >= 0.6 is 0 Å². The van der Waals surface area contributed by atoms with E-state index in [-0.39, 0.29) is 6.54 Å². The lowest BCUT2D eigenvalue weighted by Gasteiger charge is -2.51. The molecule has 0 aliphatic carbocycles. The zero-order valence-corrected chi connectivity index (χ0v) is 46.9. The van der Waals surface area contributed by atoms with E-state index >= 15 is 0 Å². The molecule has 5 rings (SSSR count). The second-order valence-electron chi connectivity index (χ2n) is 20.1. The van der Waals surface area contributed by atoms with E-state index in [0.717, 1.165) is 58.5 Å². The molecule has 462 valence electrons. The predicted octanol–water partition coefficient (Wildman–Crippen LogP) is -3.66. The summed E-state index contributed by atoms with van der Waals surface area (Å²) in [7, 11) is -3.88. The van der Waals surface area contributed by atoms with Gasteiger partial charge in [0, 0.05) is 34.2 Å². The van der Waals surface area contributed by atoms with Crippen LogP contribution in [0.2, 0.25) is 0 Å². The summed E-state index contributed by atoms with van der Waals surface area (Å²) in [6.45, 7) is 2.88. The van der Waals surface area contributed by atoms with Gasteiger partial charge in [-0.3, -0.25) is 23.4 Å². The molecule has 0 radical (unpaired) electrons. The summed E-state index contributed by atoms with van der Waals surface area (Å²) in [5.41, 5.74) is 0.526. The molecule has 20 atom stereocenters. The smallest absolute Gasteiger partial charge is 0.399 e. The Hall–Kier alpha value is -4.13. The van der Waals surface area contributed by atoms with Crippen LogP contribution < -0.4 is 20.7 Å². The number of amides is 4. The van der Waals surface area contributed by atoms with Crippen molar-refractivity contribution in [2.24, 2.45) is 0 Å². The molecular formula is C51H82N4O25S. The maximum atomic E-state index is 13.6. The number of nitrogens with one attached hydrogen (secondary N) is 3. The molecule has 0 bridgehead atoms. The first-order valence-electron chi connectivity index (χ1n) is 26.9. The number of aliphatic hydroxyl groups excluding tert-OH is 9. The highest BCUT2D eigenvalue weighted by Gasteiger charge is 2.57. The predicted molar refractivity (Wildman–Crippen MR) is 277 cm³/mol. The molecule has 4 heterocycles. The van der Waals surface area contributed by atoms with E-state index in [1.165, 1.54) is 26.2 Å². The molecule has 4 fully saturated rings. The third-order valence-electron chi connectivity index (χ3n) is 14.0. The lowest BCUT2D eigenvalue weighted by Crippen LogP contribution is -2.71. The van der Waals surface area contributed by atoms with E-state index in [9.17, 15) is 73.6 Å². The Morgan fingerprint density at radius 2 is 1.14 bits per heavy atom. The van der Waals surface area contributed by atoms with Gasteiger partial charge in [-0.25, -0.2) is 4.18 Å². The van der Waals surface area contributed by atoms with Crippen LogP contribution in [0.15, 0.2) is 36.4 Å². The highest BCUT2D eigenvalue weighted by Crippen LogP contribution is 2.36. The molecule has 4 saturated heterocycles. The summed E-state index contributed by atoms with van der Waals surface area (Å²) in [6.07, 6.45) is -17.5. The summed E-state index contributed by atoms with van der Waals surface area (Å²) in [6, 6.07) is 0.180. The van der Waals surface area contributed by atoms with Crippen molar-refractivity contribution >= 4 is 34.0 Å². The molecule has 0 aromatic heterocycles. The van der Waals surface area contributed by atoms with Gasteiger partial charge in [0.05, 0.1) is 40.1 Å². The number of hydrogen-bond donors (Lipinski definition) is 12. The van der Waals surface area contributed by atoms with Gasteiger partial charge in [-0.15, -0.1) is 0 Å². The molecule has 30 heteroatoms. The van der Waals surface area contributed by atoms with Crippen molar-refractivity contribution in [1.29, 1.82) is 0 Å². The van der Waals surface area contributed by atoms with E-state index in [0.29, 0.717) is 17.9 Å². The van der Waals surface area contributed by atoms with Gasteiger partial charge in [-0.2, -0.15) is 8.42 Å². The molecule has 4 aliphatic heterocycles. The number of allylic oxidation sites excluding steroid dienone is 2. The van der Waals surface area contributed by atoms with Crippen LogP contribution in [-0.4, -0.2) is 246 Å². The van der Waals surface area contributed by atoms with Crippen molar-refractivity contribution in [3.63, 3.8) is 0 Å². The standard InChI is InChI=1S/C51H82N4O25S/c1-7-8-9-10-11-12-13-14-15-19-72-31-18-16-17-30(20-31)21-55(29(5)62)39-44(67)40(63)32(22-56)75-51(39)80-46-34(24-58)77-49(38(43(46)66)54-28(4)61)78-45-33(23-57)76-50(37(42(45)65)53-27(3)60)79-47-35(25-73-81(69,70)71-6)74-48(68)36(41(47)64)52-26(2)59/h12-13,16-18,20,32-51,56-58,63-68H,7-11,14-15,19,21-25H2,1-6H3,(H,52,59)(H,53,60)(H,54,61)/b13-12-. The lowest BCUT2D eigenvalue weighted by molar-refractivity contribution is -0.364. The van der Waals surface area contributed by atoms with Gasteiger partial charge in [-0.05, 0) is 43.4 Å². The minimum atomic E-state index is -4.66. The number of nitrogens with zero attached hydrogens (tertiary/aromatic N) is 1. The normalized spacial score (nSPS) is 34.6. The molecule has 4 amide bonds. The van der Waals surface area contributed by atoms with Crippen molar-refractivity contribution in [3.05, 3.63) is 42.0 Å². The summed E-state index contributed by atoms with van der Waals surface area (Å²) in [5, 5.41) is 108. The van der Waals surface area contributed by atoms with E-state index < -0.39 is 183 Å². The van der Waals surface area contributed by atoms with Crippen LogP contribution in [0.1, 0.15) is 85.1 Å². The van der Waals surface area contributed by atoms with Crippen LogP contribution in [0.3, 0.4) is 0 Å². The largest absolute Gasteiger partial charge is 0.494 e. The Labute approximate surface area is 470 Å². The topological polar surface area (TPSA) is 416 Å². The summed E-state index contributed by atoms with van der Waals surface area (Å²) in [5.74, 6) is -2.50. The number of hydrogen-bond acceptors (Lipinski definition) is 25. The highest BCUT2D eigenvalue weighted by molar-refractivity contribution is 7.81. The Kier molecular flexibility index (Phi) is 26.9. The van der Waals surface area contributed by atoms with Gasteiger partial charge < -0.3 is 105 Å². The highest BCUT2D eigenvalue weighted by atomic mass is 32.3. The van der Waals surface area contributed by atoms with Crippen molar-refractivity contribution in [2.75, 3.05) is 40.1 Å². The Morgan fingerprint density at radius 1 is 0.630 bits per heavy atom. The summed E-state index contributed by atoms with van der Waals surface area (Å²) >= 11 is 0. The maximum absolute atomic E-state index is 13.6. The first-order valence-corrected chi connectivity index (χ1v) is 28.2. The first-order chi connectivity index (χ1) is 38.5. The molecule has 29 nitrogen and oxygen atoms in total. The van der Waals surface area contributed by atoms with Crippen LogP contribution in [0.25, 0.3) is 0 Å². The third kappa shape index (κ3) is 18.7. The molecule has 1 aromatic rings. The number of aliphatic hydroxyl groups is 9. The van der Waals surface area contributed by atoms with Gasteiger partial charge in [-0.1, -0.05) is 50.5 Å². The number of benzene rings is 1. The van der Waals surface area contributed by atoms with Crippen molar-refractivity contribution in [1.82, 2.24) is 20.9 Å². The number of rotatable bonds is 29. The molecule has 81 heavy (non-hydrogen) atoms.